The zero-order chi connectivity index (χ0) is 15.6. The maximum Gasteiger partial charge on any atom is 0.167 e. The first-order valence-electron chi connectivity index (χ1n) is 7.89. The molecule has 0 heterocycles. The van der Waals surface area contributed by atoms with E-state index in [2.05, 4.69) is 19.2 Å². The predicted molar refractivity (Wildman–Crippen MR) is 86.2 cm³/mol. The van der Waals surface area contributed by atoms with E-state index in [-0.39, 0.29) is 11.9 Å². The van der Waals surface area contributed by atoms with Gasteiger partial charge in [-0.2, -0.15) is 0 Å². The van der Waals surface area contributed by atoms with Gasteiger partial charge in [0.05, 0.1) is 17.5 Å². The molecule has 4 heteroatoms. The largest absolute Gasteiger partial charge is 0.488 e. The van der Waals surface area contributed by atoms with E-state index in [1.807, 2.05) is 13.8 Å². The van der Waals surface area contributed by atoms with Gasteiger partial charge in [0.25, 0.3) is 0 Å². The fourth-order valence-corrected chi connectivity index (χ4v) is 2.94. The minimum Gasteiger partial charge on any atom is -0.488 e. The van der Waals surface area contributed by atoms with Crippen molar-refractivity contribution in [1.82, 2.24) is 0 Å². The van der Waals surface area contributed by atoms with E-state index in [1.165, 1.54) is 12.5 Å². The number of nitrogen functional groups attached to an aromatic ring is 1. The highest BCUT2D eigenvalue weighted by Crippen LogP contribution is 2.34. The summed E-state index contributed by atoms with van der Waals surface area (Å²) >= 11 is 0. The summed E-state index contributed by atoms with van der Waals surface area (Å²) in [4.78, 5) is 0. The Labute approximate surface area is 127 Å². The van der Waals surface area contributed by atoms with Gasteiger partial charge >= 0.3 is 0 Å². The summed E-state index contributed by atoms with van der Waals surface area (Å²) in [6, 6.07) is 3.43. The average Bonchev–Trinajstić information content (AvgIpc) is 2.39. The van der Waals surface area contributed by atoms with Crippen LogP contribution in [0.1, 0.15) is 47.0 Å². The van der Waals surface area contributed by atoms with Gasteiger partial charge in [-0.25, -0.2) is 4.39 Å². The van der Waals surface area contributed by atoms with Crippen molar-refractivity contribution in [2.24, 2.45) is 11.8 Å². The summed E-state index contributed by atoms with van der Waals surface area (Å²) in [7, 11) is 0. The first-order chi connectivity index (χ1) is 9.86. The first kappa shape index (κ1) is 15.9. The Kier molecular flexibility index (Phi) is 4.96. The number of rotatable bonds is 4. The molecule has 0 amide bonds. The van der Waals surface area contributed by atoms with Crippen molar-refractivity contribution in [3.8, 4) is 5.75 Å². The van der Waals surface area contributed by atoms with E-state index in [1.54, 1.807) is 6.07 Å². The second kappa shape index (κ2) is 6.54. The lowest BCUT2D eigenvalue weighted by molar-refractivity contribution is 0.231. The Morgan fingerprint density at radius 2 is 1.95 bits per heavy atom. The van der Waals surface area contributed by atoms with Crippen molar-refractivity contribution >= 4 is 11.4 Å². The van der Waals surface area contributed by atoms with Crippen LogP contribution in [0.5, 0.6) is 5.75 Å². The minimum atomic E-state index is -0.405. The number of hydrogen-bond donors (Lipinski definition) is 2. The third-order valence-electron chi connectivity index (χ3n) is 4.42. The first-order valence-corrected chi connectivity index (χ1v) is 7.89. The molecule has 21 heavy (non-hydrogen) atoms. The molecule has 1 aliphatic rings. The third kappa shape index (κ3) is 4.02. The molecule has 0 saturated heterocycles. The van der Waals surface area contributed by atoms with Gasteiger partial charge in [0.15, 0.2) is 11.6 Å². The van der Waals surface area contributed by atoms with Crippen LogP contribution in [-0.4, -0.2) is 12.1 Å². The number of nitrogens with one attached hydrogen (secondary N) is 1. The van der Waals surface area contributed by atoms with E-state index in [4.69, 9.17) is 10.5 Å². The molecule has 2 rings (SSSR count). The Morgan fingerprint density at radius 1 is 1.24 bits per heavy atom. The lowest BCUT2D eigenvalue weighted by atomic mass is 9.79. The van der Waals surface area contributed by atoms with Crippen LogP contribution >= 0.6 is 0 Å². The molecule has 1 aromatic rings. The fraction of sp³-hybridized carbons (Fsp3) is 0.647. The van der Waals surface area contributed by atoms with Crippen LogP contribution < -0.4 is 15.8 Å². The van der Waals surface area contributed by atoms with E-state index < -0.39 is 5.82 Å². The molecule has 0 bridgehead atoms. The number of benzene rings is 1. The third-order valence-corrected chi connectivity index (χ3v) is 4.42. The lowest BCUT2D eigenvalue weighted by Crippen LogP contribution is -2.30. The highest BCUT2D eigenvalue weighted by Gasteiger charge is 2.25. The molecule has 3 nitrogen and oxygen atoms in total. The number of ether oxygens (including phenoxy) is 1. The van der Waals surface area contributed by atoms with Gasteiger partial charge in [-0.15, -0.1) is 0 Å². The molecule has 0 radical (unpaired) electrons. The second-order valence-corrected chi connectivity index (χ2v) is 6.65. The van der Waals surface area contributed by atoms with Crippen LogP contribution in [0.3, 0.4) is 0 Å². The highest BCUT2D eigenvalue weighted by molar-refractivity contribution is 5.69. The summed E-state index contributed by atoms with van der Waals surface area (Å²) < 4.78 is 19.3. The van der Waals surface area contributed by atoms with Gasteiger partial charge in [-0.05, 0) is 44.9 Å². The maximum atomic E-state index is 13.8. The topological polar surface area (TPSA) is 47.3 Å². The summed E-state index contributed by atoms with van der Waals surface area (Å²) in [5, 5.41) is 3.47. The molecule has 1 fully saturated rings. The van der Waals surface area contributed by atoms with Gasteiger partial charge < -0.3 is 15.8 Å². The summed E-state index contributed by atoms with van der Waals surface area (Å²) in [5.74, 6) is 1.33. The van der Waals surface area contributed by atoms with E-state index in [9.17, 15) is 4.39 Å². The molecule has 118 valence electrons. The molecule has 1 aliphatic carbocycles. The predicted octanol–water partition coefficient (Wildman–Crippen LogP) is 4.43. The molecular weight excluding hydrogens is 267 g/mol. The van der Waals surface area contributed by atoms with Crippen LogP contribution in [0.2, 0.25) is 0 Å². The molecule has 0 spiro atoms. The second-order valence-electron chi connectivity index (χ2n) is 6.65. The van der Waals surface area contributed by atoms with Crippen molar-refractivity contribution < 1.29 is 9.13 Å². The quantitative estimate of drug-likeness (QED) is 0.807. The van der Waals surface area contributed by atoms with Crippen molar-refractivity contribution in [3.05, 3.63) is 17.9 Å². The van der Waals surface area contributed by atoms with Crippen molar-refractivity contribution in [3.63, 3.8) is 0 Å². The monoisotopic (exact) mass is 294 g/mol. The molecule has 1 saturated carbocycles. The van der Waals surface area contributed by atoms with Crippen molar-refractivity contribution in [2.45, 2.75) is 59.1 Å². The van der Waals surface area contributed by atoms with E-state index in [0.29, 0.717) is 17.6 Å². The standard InChI is InChI=1S/C17H27FN2O/c1-10(2)21-17-9-16(15(19)8-14(17)18)20-13-6-5-11(3)12(4)7-13/h8-13,20H,5-7,19H2,1-4H3. The molecule has 3 atom stereocenters. The highest BCUT2D eigenvalue weighted by atomic mass is 19.1. The molecule has 3 unspecified atom stereocenters. The van der Waals surface area contributed by atoms with Crippen LogP contribution in [0, 0.1) is 17.7 Å². The summed E-state index contributed by atoms with van der Waals surface area (Å²) in [6.07, 6.45) is 3.41. The van der Waals surface area contributed by atoms with Gasteiger partial charge in [-0.1, -0.05) is 13.8 Å². The maximum absolute atomic E-state index is 13.8. The molecular formula is C17H27FN2O. The van der Waals surface area contributed by atoms with Crippen LogP contribution in [-0.2, 0) is 0 Å². The summed E-state index contributed by atoms with van der Waals surface area (Å²) in [5.41, 5.74) is 7.16. The molecule has 0 aliphatic heterocycles. The van der Waals surface area contributed by atoms with Crippen LogP contribution in [0.4, 0.5) is 15.8 Å². The van der Waals surface area contributed by atoms with Gasteiger partial charge in [0.2, 0.25) is 0 Å². The number of nitrogens with two attached hydrogens (primary N) is 1. The molecule has 0 aromatic heterocycles. The van der Waals surface area contributed by atoms with Crippen LogP contribution in [0.25, 0.3) is 0 Å². The molecule has 3 N–H and O–H groups in total. The zero-order valence-electron chi connectivity index (χ0n) is 13.4. The van der Waals surface area contributed by atoms with E-state index >= 15 is 0 Å². The summed E-state index contributed by atoms with van der Waals surface area (Å²) in [6.45, 7) is 8.36. The average molecular weight is 294 g/mol. The number of hydrogen-bond acceptors (Lipinski definition) is 3. The Morgan fingerprint density at radius 3 is 2.57 bits per heavy atom. The fourth-order valence-electron chi connectivity index (χ4n) is 2.94. The van der Waals surface area contributed by atoms with E-state index in [0.717, 1.165) is 24.4 Å². The molecule has 1 aromatic carbocycles. The Bertz CT molecular complexity index is 490. The normalized spacial score (nSPS) is 25.9. The SMILES string of the molecule is CC(C)Oc1cc(NC2CCC(C)C(C)C2)c(N)cc1F. The van der Waals surface area contributed by atoms with Gasteiger partial charge in [0.1, 0.15) is 0 Å². The lowest BCUT2D eigenvalue weighted by Gasteiger charge is -2.33. The van der Waals surface area contributed by atoms with Crippen LogP contribution in [0.15, 0.2) is 12.1 Å². The zero-order valence-corrected chi connectivity index (χ0v) is 13.4. The van der Waals surface area contributed by atoms with Gasteiger partial charge in [0, 0.05) is 18.2 Å². The Balaban J connectivity index is 2.12. The minimum absolute atomic E-state index is 0.0634. The van der Waals surface area contributed by atoms with Crippen molar-refractivity contribution in [2.75, 3.05) is 11.1 Å². The smallest absolute Gasteiger partial charge is 0.167 e. The number of halogens is 1. The van der Waals surface area contributed by atoms with Gasteiger partial charge in [-0.3, -0.25) is 0 Å². The van der Waals surface area contributed by atoms with Crippen molar-refractivity contribution in [1.29, 1.82) is 0 Å². The number of anilines is 2. The Hall–Kier alpha value is -1.45.